The highest BCUT2D eigenvalue weighted by Gasteiger charge is 2.23. The van der Waals surface area contributed by atoms with Gasteiger partial charge in [0.1, 0.15) is 11.6 Å². The van der Waals surface area contributed by atoms with E-state index in [9.17, 15) is 13.6 Å². The van der Waals surface area contributed by atoms with Gasteiger partial charge in [-0.15, -0.1) is 0 Å². The van der Waals surface area contributed by atoms with E-state index < -0.39 is 17.5 Å². The summed E-state index contributed by atoms with van der Waals surface area (Å²) in [5.41, 5.74) is 0.159. The molecule has 1 aromatic carbocycles. The highest BCUT2D eigenvalue weighted by atomic mass is 19.1. The number of halogens is 2. The van der Waals surface area contributed by atoms with E-state index in [1.165, 1.54) is 13.0 Å². The molecule has 1 amide bonds. The van der Waals surface area contributed by atoms with Crippen LogP contribution in [0.2, 0.25) is 0 Å². The number of benzene rings is 1. The molecule has 0 spiro atoms. The normalized spacial score (nSPS) is 20.5. The van der Waals surface area contributed by atoms with Gasteiger partial charge < -0.3 is 10.6 Å². The third-order valence-corrected chi connectivity index (χ3v) is 3.80. The van der Waals surface area contributed by atoms with Gasteiger partial charge >= 0.3 is 0 Å². The second-order valence-corrected chi connectivity index (χ2v) is 5.40. The van der Waals surface area contributed by atoms with Crippen LogP contribution < -0.4 is 10.6 Å². The van der Waals surface area contributed by atoms with E-state index in [-0.39, 0.29) is 23.2 Å². The van der Waals surface area contributed by atoms with Crippen molar-refractivity contribution >= 4 is 5.91 Å². The van der Waals surface area contributed by atoms with Crippen molar-refractivity contribution in [2.75, 3.05) is 6.54 Å². The number of piperidine rings is 1. The molecule has 0 bridgehead atoms. The van der Waals surface area contributed by atoms with E-state index in [4.69, 9.17) is 0 Å². The van der Waals surface area contributed by atoms with Crippen LogP contribution >= 0.6 is 0 Å². The smallest absolute Gasteiger partial charge is 0.254 e. The van der Waals surface area contributed by atoms with Crippen molar-refractivity contribution in [3.63, 3.8) is 0 Å². The number of nitrogens with one attached hydrogen (secondary N) is 2. The van der Waals surface area contributed by atoms with Gasteiger partial charge in [0.05, 0.1) is 5.56 Å². The Morgan fingerprint density at radius 1 is 1.35 bits per heavy atom. The second-order valence-electron chi connectivity index (χ2n) is 5.40. The maximum Gasteiger partial charge on any atom is 0.254 e. The molecule has 2 unspecified atom stereocenters. The van der Waals surface area contributed by atoms with Crippen molar-refractivity contribution in [2.45, 2.75) is 45.2 Å². The molecule has 0 aromatic heterocycles. The zero-order valence-electron chi connectivity index (χ0n) is 11.8. The van der Waals surface area contributed by atoms with Crippen molar-refractivity contribution in [1.82, 2.24) is 10.6 Å². The largest absolute Gasteiger partial charge is 0.348 e. The fourth-order valence-electron chi connectivity index (χ4n) is 2.52. The Hall–Kier alpha value is -1.49. The van der Waals surface area contributed by atoms with Gasteiger partial charge in [-0.25, -0.2) is 8.78 Å². The van der Waals surface area contributed by atoms with Gasteiger partial charge in [-0.2, -0.15) is 0 Å². The van der Waals surface area contributed by atoms with Crippen LogP contribution in [0.1, 0.15) is 42.1 Å². The topological polar surface area (TPSA) is 41.1 Å². The van der Waals surface area contributed by atoms with Crippen LogP contribution in [0, 0.1) is 18.6 Å². The van der Waals surface area contributed by atoms with Gasteiger partial charge in [0.2, 0.25) is 0 Å². The second kappa shape index (κ2) is 6.31. The van der Waals surface area contributed by atoms with Crippen LogP contribution in [-0.2, 0) is 0 Å². The van der Waals surface area contributed by atoms with Gasteiger partial charge in [-0.3, -0.25) is 4.79 Å². The molecule has 110 valence electrons. The predicted octanol–water partition coefficient (Wildman–Crippen LogP) is 2.53. The number of rotatable bonds is 3. The Balaban J connectivity index is 2.06. The fourth-order valence-corrected chi connectivity index (χ4v) is 2.52. The maximum atomic E-state index is 13.7. The Morgan fingerprint density at radius 3 is 2.75 bits per heavy atom. The molecule has 3 nitrogen and oxygen atoms in total. The zero-order valence-corrected chi connectivity index (χ0v) is 11.8. The van der Waals surface area contributed by atoms with Gasteiger partial charge in [-0.1, -0.05) is 6.42 Å². The third kappa shape index (κ3) is 3.33. The Bertz CT molecular complexity index is 499. The third-order valence-electron chi connectivity index (χ3n) is 3.80. The molecular weight excluding hydrogens is 262 g/mol. The van der Waals surface area contributed by atoms with Crippen molar-refractivity contribution in [3.8, 4) is 0 Å². The fraction of sp³-hybridized carbons (Fsp3) is 0.533. The first-order chi connectivity index (χ1) is 9.49. The number of amides is 1. The number of hydrogen-bond acceptors (Lipinski definition) is 2. The van der Waals surface area contributed by atoms with Crippen LogP contribution in [0.5, 0.6) is 0 Å². The van der Waals surface area contributed by atoms with Crippen LogP contribution in [0.15, 0.2) is 12.1 Å². The first-order valence-corrected chi connectivity index (χ1v) is 6.99. The summed E-state index contributed by atoms with van der Waals surface area (Å²) < 4.78 is 26.9. The lowest BCUT2D eigenvalue weighted by Gasteiger charge is -2.29. The lowest BCUT2D eigenvalue weighted by atomic mass is 9.98. The average Bonchev–Trinajstić information content (AvgIpc) is 2.43. The van der Waals surface area contributed by atoms with E-state index in [0.717, 1.165) is 31.9 Å². The summed E-state index contributed by atoms with van der Waals surface area (Å²) in [6.07, 6.45) is 3.26. The minimum atomic E-state index is -0.825. The molecule has 1 aliphatic rings. The summed E-state index contributed by atoms with van der Waals surface area (Å²) in [6.45, 7) is 4.35. The van der Waals surface area contributed by atoms with Gasteiger partial charge in [0.25, 0.3) is 5.91 Å². The molecule has 2 rings (SSSR count). The molecular formula is C15H20F2N2O. The van der Waals surface area contributed by atoms with Crippen molar-refractivity contribution < 1.29 is 13.6 Å². The Labute approximate surface area is 117 Å². The van der Waals surface area contributed by atoms with Crippen LogP contribution in [-0.4, -0.2) is 24.5 Å². The minimum absolute atomic E-state index is 0.0902. The summed E-state index contributed by atoms with van der Waals surface area (Å²) in [6, 6.07) is 2.12. The monoisotopic (exact) mass is 282 g/mol. The highest BCUT2D eigenvalue weighted by Crippen LogP contribution is 2.15. The van der Waals surface area contributed by atoms with E-state index in [2.05, 4.69) is 10.6 Å². The molecule has 0 radical (unpaired) electrons. The Morgan fingerprint density at radius 2 is 2.10 bits per heavy atom. The number of aryl methyl sites for hydroxylation is 1. The van der Waals surface area contributed by atoms with E-state index in [1.54, 1.807) is 0 Å². The molecule has 1 heterocycles. The lowest BCUT2D eigenvalue weighted by molar-refractivity contribution is 0.0924. The SMILES string of the molecule is Cc1cc(C(=O)NC(C)C2CCCCN2)c(F)cc1F. The quantitative estimate of drug-likeness (QED) is 0.894. The maximum absolute atomic E-state index is 13.7. The number of carbonyl (C=O) groups is 1. The van der Waals surface area contributed by atoms with E-state index in [0.29, 0.717) is 0 Å². The van der Waals surface area contributed by atoms with Crippen molar-refractivity contribution in [3.05, 3.63) is 34.9 Å². The molecule has 2 N–H and O–H groups in total. The summed E-state index contributed by atoms with van der Waals surface area (Å²) >= 11 is 0. The summed E-state index contributed by atoms with van der Waals surface area (Å²) in [5, 5.41) is 6.13. The van der Waals surface area contributed by atoms with Gasteiger partial charge in [-0.05, 0) is 44.9 Å². The van der Waals surface area contributed by atoms with Crippen LogP contribution in [0.4, 0.5) is 8.78 Å². The van der Waals surface area contributed by atoms with Gasteiger partial charge in [0.15, 0.2) is 0 Å². The first kappa shape index (κ1) is 14.9. The molecule has 1 saturated heterocycles. The molecule has 1 fully saturated rings. The molecule has 1 aromatic rings. The molecule has 1 aliphatic heterocycles. The summed E-state index contributed by atoms with van der Waals surface area (Å²) in [5.74, 6) is -1.96. The molecule has 5 heteroatoms. The molecule has 2 atom stereocenters. The standard InChI is InChI=1S/C15H20F2N2O/c1-9-7-11(13(17)8-12(9)16)15(20)19-10(2)14-5-3-4-6-18-14/h7-8,10,14,18H,3-6H2,1-2H3,(H,19,20). The zero-order chi connectivity index (χ0) is 14.7. The van der Waals surface area contributed by atoms with Crippen molar-refractivity contribution in [1.29, 1.82) is 0 Å². The van der Waals surface area contributed by atoms with Gasteiger partial charge in [0, 0.05) is 18.2 Å². The van der Waals surface area contributed by atoms with Crippen molar-refractivity contribution in [2.24, 2.45) is 0 Å². The summed E-state index contributed by atoms with van der Waals surface area (Å²) in [4.78, 5) is 12.1. The predicted molar refractivity (Wildman–Crippen MR) is 73.7 cm³/mol. The van der Waals surface area contributed by atoms with E-state index in [1.807, 2.05) is 6.92 Å². The van der Waals surface area contributed by atoms with Crippen LogP contribution in [0.3, 0.4) is 0 Å². The average molecular weight is 282 g/mol. The number of carbonyl (C=O) groups excluding carboxylic acids is 1. The molecule has 0 saturated carbocycles. The first-order valence-electron chi connectivity index (χ1n) is 6.99. The molecule has 20 heavy (non-hydrogen) atoms. The summed E-state index contributed by atoms with van der Waals surface area (Å²) in [7, 11) is 0. The van der Waals surface area contributed by atoms with E-state index >= 15 is 0 Å². The lowest BCUT2D eigenvalue weighted by Crippen LogP contribution is -2.50. The highest BCUT2D eigenvalue weighted by molar-refractivity contribution is 5.94. The number of hydrogen-bond donors (Lipinski definition) is 2. The Kier molecular flexibility index (Phi) is 4.70. The minimum Gasteiger partial charge on any atom is -0.348 e. The van der Waals surface area contributed by atoms with Crippen LogP contribution in [0.25, 0.3) is 0 Å². The molecule has 0 aliphatic carbocycles.